The molecule has 0 amide bonds. The summed E-state index contributed by atoms with van der Waals surface area (Å²) in [5.74, 6) is 0.498. The lowest BCUT2D eigenvalue weighted by Gasteiger charge is -2.11. The Bertz CT molecular complexity index is 284. The fourth-order valence-corrected chi connectivity index (χ4v) is 2.66. The summed E-state index contributed by atoms with van der Waals surface area (Å²) in [4.78, 5) is 4.49. The number of hydrogen-bond donors (Lipinski definition) is 2. The van der Waals surface area contributed by atoms with Crippen molar-refractivity contribution in [2.24, 2.45) is 5.73 Å². The van der Waals surface area contributed by atoms with E-state index in [1.165, 1.54) is 18.5 Å². The van der Waals surface area contributed by atoms with Crippen LogP contribution in [0.1, 0.15) is 30.9 Å². The highest BCUT2D eigenvalue weighted by molar-refractivity contribution is 7.13. The minimum Gasteiger partial charge on any atom is -0.365 e. The van der Waals surface area contributed by atoms with Crippen molar-refractivity contribution < 1.29 is 0 Å². The number of anilines is 1. The number of nitrogens with two attached hydrogens (primary N) is 1. The number of aromatic nitrogens is 1. The molecule has 0 bridgehead atoms. The Balaban J connectivity index is 2.15. The second-order valence-corrected chi connectivity index (χ2v) is 4.39. The van der Waals surface area contributed by atoms with Crippen LogP contribution in [0.5, 0.6) is 0 Å². The molecular formula is C9H15N3S. The van der Waals surface area contributed by atoms with E-state index in [4.69, 9.17) is 5.73 Å². The molecular weight excluding hydrogens is 182 g/mol. The molecule has 4 heteroatoms. The van der Waals surface area contributed by atoms with Crippen molar-refractivity contribution in [1.82, 2.24) is 4.98 Å². The van der Waals surface area contributed by atoms with Crippen molar-refractivity contribution in [3.63, 3.8) is 0 Å². The van der Waals surface area contributed by atoms with E-state index in [2.05, 4.69) is 15.7 Å². The van der Waals surface area contributed by atoms with Gasteiger partial charge < -0.3 is 11.1 Å². The maximum atomic E-state index is 6.01. The molecule has 2 rings (SSSR count). The zero-order valence-corrected chi connectivity index (χ0v) is 8.60. The van der Waals surface area contributed by atoms with Gasteiger partial charge in [0.05, 0.1) is 5.69 Å². The fourth-order valence-electron chi connectivity index (χ4n) is 1.93. The third kappa shape index (κ3) is 1.69. The average Bonchev–Trinajstić information content (AvgIpc) is 2.71. The molecule has 0 aliphatic heterocycles. The van der Waals surface area contributed by atoms with Gasteiger partial charge in [0.2, 0.25) is 0 Å². The molecule has 1 saturated carbocycles. The summed E-state index contributed by atoms with van der Waals surface area (Å²) in [6.07, 6.45) is 3.60. The predicted molar refractivity (Wildman–Crippen MR) is 56.2 cm³/mol. The molecule has 1 fully saturated rings. The average molecular weight is 197 g/mol. The first-order valence-corrected chi connectivity index (χ1v) is 5.58. The van der Waals surface area contributed by atoms with Crippen molar-refractivity contribution >= 4 is 16.5 Å². The van der Waals surface area contributed by atoms with Gasteiger partial charge in [0.15, 0.2) is 5.13 Å². The first-order valence-electron chi connectivity index (χ1n) is 4.70. The van der Waals surface area contributed by atoms with Crippen LogP contribution < -0.4 is 11.1 Å². The van der Waals surface area contributed by atoms with Gasteiger partial charge in [0, 0.05) is 24.4 Å². The van der Waals surface area contributed by atoms with Gasteiger partial charge in [-0.1, -0.05) is 6.42 Å². The molecule has 0 saturated heterocycles. The van der Waals surface area contributed by atoms with Crippen molar-refractivity contribution in [2.45, 2.75) is 31.2 Å². The molecule has 1 heterocycles. The van der Waals surface area contributed by atoms with Crippen LogP contribution in [-0.4, -0.2) is 18.1 Å². The molecule has 0 spiro atoms. The van der Waals surface area contributed by atoms with Gasteiger partial charge in [-0.3, -0.25) is 0 Å². The maximum Gasteiger partial charge on any atom is 0.182 e. The topological polar surface area (TPSA) is 50.9 Å². The van der Waals surface area contributed by atoms with Crippen LogP contribution in [0.4, 0.5) is 5.13 Å². The van der Waals surface area contributed by atoms with Gasteiger partial charge in [-0.2, -0.15) is 0 Å². The molecule has 3 nitrogen and oxygen atoms in total. The SMILES string of the molecule is CNc1nc(C2CCCC2N)cs1. The highest BCUT2D eigenvalue weighted by Crippen LogP contribution is 2.34. The number of nitrogens with one attached hydrogen (secondary N) is 1. The predicted octanol–water partition coefficient (Wildman–Crippen LogP) is 1.78. The van der Waals surface area contributed by atoms with Crippen molar-refractivity contribution in [2.75, 3.05) is 12.4 Å². The normalized spacial score (nSPS) is 27.8. The van der Waals surface area contributed by atoms with Crippen LogP contribution in [-0.2, 0) is 0 Å². The second kappa shape index (κ2) is 3.64. The number of thiazole rings is 1. The highest BCUT2D eigenvalue weighted by Gasteiger charge is 2.27. The van der Waals surface area contributed by atoms with E-state index in [0.717, 1.165) is 11.6 Å². The van der Waals surface area contributed by atoms with Crippen LogP contribution in [0, 0.1) is 0 Å². The Labute approximate surface area is 82.4 Å². The van der Waals surface area contributed by atoms with Crippen LogP contribution in [0.3, 0.4) is 0 Å². The summed E-state index contributed by atoms with van der Waals surface area (Å²) in [6.45, 7) is 0. The zero-order chi connectivity index (χ0) is 9.26. The van der Waals surface area contributed by atoms with Crippen molar-refractivity contribution in [3.05, 3.63) is 11.1 Å². The summed E-state index contributed by atoms with van der Waals surface area (Å²) < 4.78 is 0. The first-order chi connectivity index (χ1) is 6.31. The van der Waals surface area contributed by atoms with E-state index < -0.39 is 0 Å². The van der Waals surface area contributed by atoms with Crippen molar-refractivity contribution in [3.8, 4) is 0 Å². The van der Waals surface area contributed by atoms with Crippen LogP contribution in [0.2, 0.25) is 0 Å². The molecule has 2 atom stereocenters. The Morgan fingerprint density at radius 2 is 2.46 bits per heavy atom. The first kappa shape index (κ1) is 8.97. The molecule has 1 aliphatic carbocycles. The van der Waals surface area contributed by atoms with Crippen LogP contribution in [0.25, 0.3) is 0 Å². The quantitative estimate of drug-likeness (QED) is 0.760. The van der Waals surface area contributed by atoms with Crippen LogP contribution in [0.15, 0.2) is 5.38 Å². The highest BCUT2D eigenvalue weighted by atomic mass is 32.1. The van der Waals surface area contributed by atoms with E-state index in [9.17, 15) is 0 Å². The smallest absolute Gasteiger partial charge is 0.182 e. The van der Waals surface area contributed by atoms with E-state index >= 15 is 0 Å². The van der Waals surface area contributed by atoms with Crippen LogP contribution >= 0.6 is 11.3 Å². The number of nitrogens with zero attached hydrogens (tertiary/aromatic N) is 1. The Kier molecular flexibility index (Phi) is 2.51. The lowest BCUT2D eigenvalue weighted by atomic mass is 10.0. The van der Waals surface area contributed by atoms with Gasteiger partial charge in [-0.25, -0.2) is 4.98 Å². The number of rotatable bonds is 2. The van der Waals surface area contributed by atoms with E-state index in [1.807, 2.05) is 7.05 Å². The summed E-state index contributed by atoms with van der Waals surface area (Å²) >= 11 is 1.66. The Morgan fingerprint density at radius 3 is 3.00 bits per heavy atom. The lowest BCUT2D eigenvalue weighted by molar-refractivity contribution is 0.602. The van der Waals surface area contributed by atoms with Gasteiger partial charge in [0.1, 0.15) is 0 Å². The number of hydrogen-bond acceptors (Lipinski definition) is 4. The molecule has 13 heavy (non-hydrogen) atoms. The Morgan fingerprint density at radius 1 is 1.62 bits per heavy atom. The molecule has 72 valence electrons. The van der Waals surface area contributed by atoms with Gasteiger partial charge in [-0.05, 0) is 12.8 Å². The summed E-state index contributed by atoms with van der Waals surface area (Å²) in [6, 6.07) is 0.326. The van der Waals surface area contributed by atoms with E-state index in [-0.39, 0.29) is 0 Å². The van der Waals surface area contributed by atoms with E-state index in [0.29, 0.717) is 12.0 Å². The summed E-state index contributed by atoms with van der Waals surface area (Å²) in [5.41, 5.74) is 7.19. The standard InChI is InChI=1S/C9H15N3S/c1-11-9-12-8(5-13-9)6-3-2-4-7(6)10/h5-7H,2-4,10H2,1H3,(H,11,12). The summed E-state index contributed by atoms with van der Waals surface area (Å²) in [7, 11) is 1.90. The van der Waals surface area contributed by atoms with Gasteiger partial charge in [0.25, 0.3) is 0 Å². The molecule has 3 N–H and O–H groups in total. The van der Waals surface area contributed by atoms with Gasteiger partial charge >= 0.3 is 0 Å². The molecule has 1 aliphatic rings. The third-order valence-electron chi connectivity index (χ3n) is 2.69. The zero-order valence-electron chi connectivity index (χ0n) is 7.79. The molecule has 0 aromatic carbocycles. The largest absolute Gasteiger partial charge is 0.365 e. The molecule has 1 aromatic rings. The van der Waals surface area contributed by atoms with Crippen molar-refractivity contribution in [1.29, 1.82) is 0 Å². The fraction of sp³-hybridized carbons (Fsp3) is 0.667. The minimum atomic E-state index is 0.326. The summed E-state index contributed by atoms with van der Waals surface area (Å²) in [5, 5.41) is 6.17. The van der Waals surface area contributed by atoms with Gasteiger partial charge in [-0.15, -0.1) is 11.3 Å². The minimum absolute atomic E-state index is 0.326. The molecule has 1 aromatic heterocycles. The van der Waals surface area contributed by atoms with E-state index in [1.54, 1.807) is 11.3 Å². The molecule has 2 unspecified atom stereocenters. The second-order valence-electron chi connectivity index (χ2n) is 3.53. The third-order valence-corrected chi connectivity index (χ3v) is 3.56. The lowest BCUT2D eigenvalue weighted by Crippen LogP contribution is -2.22. The Hall–Kier alpha value is -0.610. The monoisotopic (exact) mass is 197 g/mol. The molecule has 0 radical (unpaired) electrons. The maximum absolute atomic E-state index is 6.01.